The summed E-state index contributed by atoms with van der Waals surface area (Å²) < 4.78 is 0. The number of anilines is 1. The highest BCUT2D eigenvalue weighted by Gasteiger charge is 2.32. The topological polar surface area (TPSA) is 159 Å². The zero-order chi connectivity index (χ0) is 21.0. The van der Waals surface area contributed by atoms with Crippen molar-refractivity contribution in [3.05, 3.63) is 53.6 Å². The molecule has 3 rings (SSSR count). The summed E-state index contributed by atoms with van der Waals surface area (Å²) in [5.74, 6) is -2.95. The van der Waals surface area contributed by atoms with Crippen LogP contribution in [0.2, 0.25) is 0 Å². The molecular formula is C19H19N5O5. The molecule has 150 valence electrons. The van der Waals surface area contributed by atoms with E-state index in [-0.39, 0.29) is 31.2 Å². The molecular weight excluding hydrogens is 378 g/mol. The molecule has 0 unspecified atom stereocenters. The van der Waals surface area contributed by atoms with E-state index in [1.807, 2.05) is 24.3 Å². The molecule has 10 heteroatoms. The van der Waals surface area contributed by atoms with E-state index in [4.69, 9.17) is 10.8 Å². The molecule has 0 spiro atoms. The lowest BCUT2D eigenvalue weighted by atomic mass is 10.0. The van der Waals surface area contributed by atoms with Crippen LogP contribution in [-0.2, 0) is 20.9 Å². The highest BCUT2D eigenvalue weighted by Crippen LogP contribution is 2.22. The number of carbonyl (C=O) groups is 3. The van der Waals surface area contributed by atoms with Crippen molar-refractivity contribution in [2.75, 3.05) is 18.8 Å². The molecule has 2 heterocycles. The number of carbonyl (C=O) groups excluding carboxylic acids is 2. The Labute approximate surface area is 165 Å². The number of aliphatic hydroxyl groups excluding tert-OH is 1. The molecule has 0 saturated heterocycles. The van der Waals surface area contributed by atoms with Crippen LogP contribution >= 0.6 is 0 Å². The third kappa shape index (κ3) is 4.67. The van der Waals surface area contributed by atoms with Crippen LogP contribution in [0, 0.1) is 0 Å². The Morgan fingerprint density at radius 1 is 1.14 bits per heavy atom. The Kier molecular flexibility index (Phi) is 5.72. The Bertz CT molecular complexity index is 969. The van der Waals surface area contributed by atoms with E-state index in [1.54, 1.807) is 12.4 Å². The molecule has 0 atom stereocenters. The second-order valence-corrected chi connectivity index (χ2v) is 6.40. The predicted octanol–water partition coefficient (Wildman–Crippen LogP) is 0.471. The second-order valence-electron chi connectivity index (χ2n) is 6.40. The fraction of sp³-hybridized carbons (Fsp3) is 0.211. The summed E-state index contributed by atoms with van der Waals surface area (Å²) in [6.07, 6.45) is 3.34. The first kappa shape index (κ1) is 19.8. The number of aromatic nitrogens is 2. The van der Waals surface area contributed by atoms with Gasteiger partial charge in [-0.1, -0.05) is 24.3 Å². The zero-order valence-electron chi connectivity index (χ0n) is 15.3. The fourth-order valence-corrected chi connectivity index (χ4v) is 2.88. The number of nitrogens with one attached hydrogen (secondary N) is 1. The lowest BCUT2D eigenvalue weighted by molar-refractivity contribution is -0.138. The van der Waals surface area contributed by atoms with Gasteiger partial charge in [0, 0.05) is 37.5 Å². The molecule has 1 aliphatic heterocycles. The quantitative estimate of drug-likeness (QED) is 0.512. The van der Waals surface area contributed by atoms with Gasteiger partial charge in [-0.15, -0.1) is 0 Å². The van der Waals surface area contributed by atoms with Crippen LogP contribution in [0.3, 0.4) is 0 Å². The Morgan fingerprint density at radius 3 is 2.41 bits per heavy atom. The molecule has 1 aliphatic rings. The van der Waals surface area contributed by atoms with Gasteiger partial charge in [0.25, 0.3) is 11.8 Å². The first-order chi connectivity index (χ1) is 13.8. The van der Waals surface area contributed by atoms with Crippen molar-refractivity contribution in [1.29, 1.82) is 0 Å². The zero-order valence-corrected chi connectivity index (χ0v) is 15.3. The standard InChI is InChI=1S/C19H19N5O5/c20-19-22-7-13(8-23-19)12-3-1-11(2-4-12)10-24-6-5-14(25)16(18(24)29)17(28)21-9-15(26)27/h1-4,7-8,25H,5-6,9-10H2,(H,21,28)(H,26,27)(H2,20,22,23). The molecule has 5 N–H and O–H groups in total. The number of hydrogen-bond donors (Lipinski definition) is 4. The van der Waals surface area contributed by atoms with Crippen molar-refractivity contribution in [2.24, 2.45) is 0 Å². The maximum atomic E-state index is 12.6. The van der Waals surface area contributed by atoms with E-state index >= 15 is 0 Å². The third-order valence-electron chi connectivity index (χ3n) is 4.37. The van der Waals surface area contributed by atoms with E-state index in [0.717, 1.165) is 16.7 Å². The van der Waals surface area contributed by atoms with Crippen molar-refractivity contribution in [3.63, 3.8) is 0 Å². The lowest BCUT2D eigenvalue weighted by Gasteiger charge is -2.28. The molecule has 10 nitrogen and oxygen atoms in total. The van der Waals surface area contributed by atoms with Crippen LogP contribution in [0.1, 0.15) is 12.0 Å². The molecule has 0 radical (unpaired) electrons. The fourth-order valence-electron chi connectivity index (χ4n) is 2.88. The predicted molar refractivity (Wildman–Crippen MR) is 102 cm³/mol. The van der Waals surface area contributed by atoms with Gasteiger partial charge in [-0.05, 0) is 11.1 Å². The van der Waals surface area contributed by atoms with Gasteiger partial charge >= 0.3 is 5.97 Å². The number of carboxylic acids is 1. The van der Waals surface area contributed by atoms with Crippen LogP contribution < -0.4 is 11.1 Å². The first-order valence-electron chi connectivity index (χ1n) is 8.73. The summed E-state index contributed by atoms with van der Waals surface area (Å²) in [5.41, 5.74) is 7.56. The van der Waals surface area contributed by atoms with Gasteiger partial charge in [0.15, 0.2) is 0 Å². The average Bonchev–Trinajstić information content (AvgIpc) is 2.70. The summed E-state index contributed by atoms with van der Waals surface area (Å²) in [6.45, 7) is -0.159. The summed E-state index contributed by atoms with van der Waals surface area (Å²) in [7, 11) is 0. The minimum atomic E-state index is -1.25. The van der Waals surface area contributed by atoms with Crippen LogP contribution in [-0.4, -0.2) is 56.0 Å². The lowest BCUT2D eigenvalue weighted by Crippen LogP contribution is -2.43. The Hall–Kier alpha value is -3.95. The number of carboxylic acid groups (broad SMARTS) is 1. The number of rotatable bonds is 6. The van der Waals surface area contributed by atoms with Crippen molar-refractivity contribution >= 4 is 23.7 Å². The average molecular weight is 397 g/mol. The molecule has 0 bridgehead atoms. The van der Waals surface area contributed by atoms with E-state index in [0.29, 0.717) is 0 Å². The van der Waals surface area contributed by atoms with E-state index in [9.17, 15) is 19.5 Å². The van der Waals surface area contributed by atoms with Crippen molar-refractivity contribution in [1.82, 2.24) is 20.2 Å². The smallest absolute Gasteiger partial charge is 0.322 e. The van der Waals surface area contributed by atoms with Gasteiger partial charge in [-0.2, -0.15) is 0 Å². The van der Waals surface area contributed by atoms with E-state index in [1.165, 1.54) is 4.90 Å². The molecule has 29 heavy (non-hydrogen) atoms. The largest absolute Gasteiger partial charge is 0.511 e. The summed E-state index contributed by atoms with van der Waals surface area (Å²) in [5, 5.41) is 20.7. The SMILES string of the molecule is Nc1ncc(-c2ccc(CN3CCC(O)=C(C(=O)NCC(=O)O)C3=O)cc2)cn1. The van der Waals surface area contributed by atoms with Gasteiger partial charge in [-0.3, -0.25) is 14.4 Å². The summed E-state index contributed by atoms with van der Waals surface area (Å²) in [4.78, 5) is 44.6. The second kappa shape index (κ2) is 8.38. The maximum Gasteiger partial charge on any atom is 0.322 e. The molecule has 0 fully saturated rings. The number of aliphatic hydroxyl groups is 1. The molecule has 0 saturated carbocycles. The van der Waals surface area contributed by atoms with E-state index < -0.39 is 29.9 Å². The highest BCUT2D eigenvalue weighted by molar-refractivity contribution is 6.19. The van der Waals surface area contributed by atoms with Gasteiger partial charge in [0.05, 0.1) is 0 Å². The normalized spacial score (nSPS) is 14.1. The number of nitrogens with zero attached hydrogens (tertiary/aromatic N) is 3. The Balaban J connectivity index is 1.70. The number of hydrogen-bond acceptors (Lipinski definition) is 7. The molecule has 1 aromatic heterocycles. The minimum absolute atomic E-state index is 0.114. The van der Waals surface area contributed by atoms with Crippen LogP contribution in [0.15, 0.2) is 48.0 Å². The molecule has 2 aromatic rings. The third-order valence-corrected chi connectivity index (χ3v) is 4.37. The number of nitrogens with two attached hydrogens (primary N) is 1. The highest BCUT2D eigenvalue weighted by atomic mass is 16.4. The molecule has 0 aliphatic carbocycles. The molecule has 2 amide bonds. The van der Waals surface area contributed by atoms with Gasteiger partial charge in [0.1, 0.15) is 17.9 Å². The summed E-state index contributed by atoms with van der Waals surface area (Å²) in [6, 6.07) is 7.38. The van der Waals surface area contributed by atoms with Gasteiger partial charge < -0.3 is 26.2 Å². The first-order valence-corrected chi connectivity index (χ1v) is 8.73. The van der Waals surface area contributed by atoms with Crippen LogP contribution in [0.5, 0.6) is 0 Å². The van der Waals surface area contributed by atoms with Gasteiger partial charge in [0.2, 0.25) is 5.95 Å². The Morgan fingerprint density at radius 2 is 1.79 bits per heavy atom. The number of benzene rings is 1. The minimum Gasteiger partial charge on any atom is -0.511 e. The van der Waals surface area contributed by atoms with Crippen molar-refractivity contribution < 1.29 is 24.6 Å². The van der Waals surface area contributed by atoms with Crippen LogP contribution in [0.25, 0.3) is 11.1 Å². The summed E-state index contributed by atoms with van der Waals surface area (Å²) >= 11 is 0. The van der Waals surface area contributed by atoms with Gasteiger partial charge in [-0.25, -0.2) is 9.97 Å². The number of amides is 2. The number of nitrogen functional groups attached to an aromatic ring is 1. The molecule has 1 aromatic carbocycles. The van der Waals surface area contributed by atoms with Crippen LogP contribution in [0.4, 0.5) is 5.95 Å². The maximum absolute atomic E-state index is 12.6. The van der Waals surface area contributed by atoms with Crippen molar-refractivity contribution in [3.8, 4) is 11.1 Å². The van der Waals surface area contributed by atoms with E-state index in [2.05, 4.69) is 15.3 Å². The number of aliphatic carboxylic acids is 1. The van der Waals surface area contributed by atoms with Crippen molar-refractivity contribution in [2.45, 2.75) is 13.0 Å². The monoisotopic (exact) mass is 397 g/mol.